The Morgan fingerprint density at radius 3 is 2.81 bits per heavy atom. The van der Waals surface area contributed by atoms with Crippen molar-refractivity contribution in [3.63, 3.8) is 0 Å². The molecule has 1 N–H and O–H groups in total. The second-order valence-electron chi connectivity index (χ2n) is 4.54. The van der Waals surface area contributed by atoms with Gasteiger partial charge in [-0.05, 0) is 23.9 Å². The highest BCUT2D eigenvalue weighted by Crippen LogP contribution is 2.07. The van der Waals surface area contributed by atoms with Gasteiger partial charge >= 0.3 is 0 Å². The van der Waals surface area contributed by atoms with Crippen molar-refractivity contribution in [3.05, 3.63) is 22.4 Å². The van der Waals surface area contributed by atoms with Gasteiger partial charge in [-0.25, -0.2) is 0 Å². The Bertz CT molecular complexity index is 257. The lowest BCUT2D eigenvalue weighted by Crippen LogP contribution is -2.34. The van der Waals surface area contributed by atoms with Gasteiger partial charge in [0.05, 0.1) is 0 Å². The summed E-state index contributed by atoms with van der Waals surface area (Å²) in [4.78, 5) is 3.93. The molecule has 0 saturated carbocycles. The topological polar surface area (TPSA) is 15.3 Å². The van der Waals surface area contributed by atoms with Crippen LogP contribution in [0.4, 0.5) is 0 Å². The maximum absolute atomic E-state index is 3.49. The van der Waals surface area contributed by atoms with Crippen molar-refractivity contribution in [2.75, 3.05) is 26.2 Å². The van der Waals surface area contributed by atoms with Gasteiger partial charge in [0.15, 0.2) is 0 Å². The highest BCUT2D eigenvalue weighted by Gasteiger charge is 2.04. The van der Waals surface area contributed by atoms with E-state index in [1.54, 1.807) is 0 Å². The smallest absolute Gasteiger partial charge is 0.0300 e. The first-order chi connectivity index (χ1) is 7.72. The lowest BCUT2D eigenvalue weighted by molar-refractivity contribution is 0.256. The summed E-state index contributed by atoms with van der Waals surface area (Å²) in [5.41, 5.74) is 0. The van der Waals surface area contributed by atoms with Crippen LogP contribution in [-0.4, -0.2) is 31.1 Å². The summed E-state index contributed by atoms with van der Waals surface area (Å²) in [6.07, 6.45) is 0. The average molecular weight is 240 g/mol. The molecule has 0 aliphatic rings. The van der Waals surface area contributed by atoms with Crippen LogP contribution in [-0.2, 0) is 6.54 Å². The molecule has 0 spiro atoms. The highest BCUT2D eigenvalue weighted by molar-refractivity contribution is 7.09. The number of thiophene rings is 1. The van der Waals surface area contributed by atoms with E-state index in [0.29, 0.717) is 0 Å². The minimum Gasteiger partial charge on any atom is -0.311 e. The first-order valence-corrected chi connectivity index (χ1v) is 7.05. The van der Waals surface area contributed by atoms with E-state index in [1.165, 1.54) is 11.4 Å². The van der Waals surface area contributed by atoms with Gasteiger partial charge in [-0.15, -0.1) is 11.3 Å². The van der Waals surface area contributed by atoms with E-state index in [-0.39, 0.29) is 0 Å². The van der Waals surface area contributed by atoms with Crippen LogP contribution in [0.25, 0.3) is 0 Å². The lowest BCUT2D eigenvalue weighted by atomic mass is 10.2. The fourth-order valence-electron chi connectivity index (χ4n) is 1.76. The molecule has 0 bridgehead atoms. The fourth-order valence-corrected chi connectivity index (χ4v) is 2.43. The van der Waals surface area contributed by atoms with Gasteiger partial charge in [0.1, 0.15) is 0 Å². The highest BCUT2D eigenvalue weighted by atomic mass is 32.1. The van der Waals surface area contributed by atoms with Crippen molar-refractivity contribution < 1.29 is 0 Å². The summed E-state index contributed by atoms with van der Waals surface area (Å²) in [5, 5.41) is 5.63. The zero-order valence-electron chi connectivity index (χ0n) is 10.7. The number of nitrogens with one attached hydrogen (secondary N) is 1. The van der Waals surface area contributed by atoms with E-state index >= 15 is 0 Å². The standard InChI is InChI=1S/C13H24N2S/c1-4-15(11-12(2)3)8-7-14-10-13-6-5-9-16-13/h5-6,9,12,14H,4,7-8,10-11H2,1-3H3. The van der Waals surface area contributed by atoms with Gasteiger partial charge in [0.25, 0.3) is 0 Å². The van der Waals surface area contributed by atoms with Gasteiger partial charge < -0.3 is 10.2 Å². The van der Waals surface area contributed by atoms with Crippen LogP contribution in [0.2, 0.25) is 0 Å². The summed E-state index contributed by atoms with van der Waals surface area (Å²) < 4.78 is 0. The molecule has 0 aromatic carbocycles. The first-order valence-electron chi connectivity index (χ1n) is 6.17. The largest absolute Gasteiger partial charge is 0.311 e. The van der Waals surface area contributed by atoms with Crippen LogP contribution >= 0.6 is 11.3 Å². The fraction of sp³-hybridized carbons (Fsp3) is 0.692. The Morgan fingerprint density at radius 1 is 1.44 bits per heavy atom. The summed E-state index contributed by atoms with van der Waals surface area (Å²) in [6.45, 7) is 12.4. The number of hydrogen-bond donors (Lipinski definition) is 1. The molecule has 0 aliphatic heterocycles. The van der Waals surface area contributed by atoms with Crippen molar-refractivity contribution in [2.24, 2.45) is 5.92 Å². The molecule has 2 nitrogen and oxygen atoms in total. The molecule has 0 fully saturated rings. The van der Waals surface area contributed by atoms with Gasteiger partial charge in [0.2, 0.25) is 0 Å². The third kappa shape index (κ3) is 5.64. The normalized spacial score (nSPS) is 11.6. The zero-order chi connectivity index (χ0) is 11.8. The second kappa shape index (κ2) is 7.82. The third-order valence-electron chi connectivity index (χ3n) is 2.55. The maximum Gasteiger partial charge on any atom is 0.0300 e. The Hall–Kier alpha value is -0.380. The van der Waals surface area contributed by atoms with Crippen LogP contribution < -0.4 is 5.32 Å². The van der Waals surface area contributed by atoms with Crippen molar-refractivity contribution in [3.8, 4) is 0 Å². The maximum atomic E-state index is 3.49. The summed E-state index contributed by atoms with van der Waals surface area (Å²) in [5.74, 6) is 0.761. The van der Waals surface area contributed by atoms with Crippen molar-refractivity contribution in [2.45, 2.75) is 27.3 Å². The zero-order valence-corrected chi connectivity index (χ0v) is 11.5. The van der Waals surface area contributed by atoms with Crippen molar-refractivity contribution >= 4 is 11.3 Å². The summed E-state index contributed by atoms with van der Waals surface area (Å²) >= 11 is 1.82. The van der Waals surface area contributed by atoms with E-state index in [0.717, 1.165) is 32.1 Å². The molecule has 1 heterocycles. The van der Waals surface area contributed by atoms with E-state index in [4.69, 9.17) is 0 Å². The summed E-state index contributed by atoms with van der Waals surface area (Å²) in [6, 6.07) is 4.29. The number of likely N-dealkylation sites (N-methyl/N-ethyl adjacent to an activating group) is 1. The first kappa shape index (κ1) is 13.7. The molecule has 16 heavy (non-hydrogen) atoms. The molecule has 0 atom stereocenters. The molecule has 1 aromatic rings. The molecule has 3 heteroatoms. The molecular weight excluding hydrogens is 216 g/mol. The van der Waals surface area contributed by atoms with Gasteiger partial charge in [0, 0.05) is 31.1 Å². The van der Waals surface area contributed by atoms with Crippen LogP contribution in [0.3, 0.4) is 0 Å². The van der Waals surface area contributed by atoms with Crippen LogP contribution in [0.5, 0.6) is 0 Å². The number of hydrogen-bond acceptors (Lipinski definition) is 3. The van der Waals surface area contributed by atoms with E-state index < -0.39 is 0 Å². The van der Waals surface area contributed by atoms with Gasteiger partial charge in [-0.2, -0.15) is 0 Å². The second-order valence-corrected chi connectivity index (χ2v) is 5.58. The van der Waals surface area contributed by atoms with E-state index in [2.05, 4.69) is 48.5 Å². The molecule has 0 amide bonds. The van der Waals surface area contributed by atoms with Crippen LogP contribution in [0, 0.1) is 5.92 Å². The van der Waals surface area contributed by atoms with Gasteiger partial charge in [-0.1, -0.05) is 26.8 Å². The number of nitrogens with zero attached hydrogens (tertiary/aromatic N) is 1. The van der Waals surface area contributed by atoms with E-state index in [1.807, 2.05) is 11.3 Å². The van der Waals surface area contributed by atoms with Gasteiger partial charge in [-0.3, -0.25) is 0 Å². The molecule has 0 radical (unpaired) electrons. The van der Waals surface area contributed by atoms with Crippen LogP contribution in [0.1, 0.15) is 25.6 Å². The molecule has 0 aliphatic carbocycles. The summed E-state index contributed by atoms with van der Waals surface area (Å²) in [7, 11) is 0. The Morgan fingerprint density at radius 2 is 2.25 bits per heavy atom. The third-order valence-corrected chi connectivity index (χ3v) is 3.43. The molecule has 1 rings (SSSR count). The number of rotatable bonds is 8. The molecule has 92 valence electrons. The Balaban J connectivity index is 2.09. The molecule has 0 saturated heterocycles. The van der Waals surface area contributed by atoms with Crippen molar-refractivity contribution in [1.82, 2.24) is 10.2 Å². The quantitative estimate of drug-likeness (QED) is 0.703. The monoisotopic (exact) mass is 240 g/mol. The predicted octanol–water partition coefficient (Wildman–Crippen LogP) is 2.82. The average Bonchev–Trinajstić information content (AvgIpc) is 2.74. The van der Waals surface area contributed by atoms with Crippen LogP contribution in [0.15, 0.2) is 17.5 Å². The predicted molar refractivity (Wildman–Crippen MR) is 73.0 cm³/mol. The lowest BCUT2D eigenvalue weighted by Gasteiger charge is -2.22. The van der Waals surface area contributed by atoms with E-state index in [9.17, 15) is 0 Å². The Kier molecular flexibility index (Phi) is 6.69. The molecule has 1 aromatic heterocycles. The minimum absolute atomic E-state index is 0.761. The minimum atomic E-state index is 0.761. The molecule has 0 unspecified atom stereocenters. The Labute approximate surface area is 104 Å². The van der Waals surface area contributed by atoms with Crippen molar-refractivity contribution in [1.29, 1.82) is 0 Å². The molecular formula is C13H24N2S. The SMILES string of the molecule is CCN(CCNCc1cccs1)CC(C)C.